The van der Waals surface area contributed by atoms with Gasteiger partial charge in [0, 0.05) is 29.9 Å². The zero-order valence-electron chi connectivity index (χ0n) is 9.57. The van der Waals surface area contributed by atoms with Crippen LogP contribution < -0.4 is 0 Å². The number of halogens is 1. The van der Waals surface area contributed by atoms with Crippen molar-refractivity contribution in [2.75, 3.05) is 19.5 Å². The number of ether oxygens (including phenoxy) is 1. The summed E-state index contributed by atoms with van der Waals surface area (Å²) in [4.78, 5) is 0.811. The van der Waals surface area contributed by atoms with Crippen molar-refractivity contribution in [1.29, 1.82) is 0 Å². The second kappa shape index (κ2) is 6.89. The molecule has 0 spiro atoms. The molecule has 2 nitrogen and oxygen atoms in total. The Bertz CT molecular complexity index is 329. The van der Waals surface area contributed by atoms with Crippen LogP contribution in [-0.2, 0) is 4.74 Å². The predicted molar refractivity (Wildman–Crippen MR) is 64.3 cm³/mol. The lowest BCUT2D eigenvalue weighted by Crippen LogP contribution is -1.99. The molecule has 0 aliphatic rings. The van der Waals surface area contributed by atoms with Crippen LogP contribution in [0.5, 0.6) is 0 Å². The molecule has 90 valence electrons. The Balaban J connectivity index is 2.67. The molecule has 0 heterocycles. The van der Waals surface area contributed by atoms with Crippen LogP contribution in [0.1, 0.15) is 25.0 Å². The Morgan fingerprint density at radius 1 is 1.50 bits per heavy atom. The summed E-state index contributed by atoms with van der Waals surface area (Å²) in [6, 6.07) is 4.88. The molecule has 4 heteroatoms. The molecule has 1 rings (SSSR count). The molecule has 0 saturated carbocycles. The molecule has 0 saturated heterocycles. The van der Waals surface area contributed by atoms with Crippen LogP contribution >= 0.6 is 11.8 Å². The standard InChI is InChI=1S/C12H17FO2S/c1-9(14)12-10(13)5-3-6-11(12)16-8-4-7-15-2/h3,5-6,9,14H,4,7-8H2,1-2H3/t9-/m0/s1. The first-order valence-electron chi connectivity index (χ1n) is 5.25. The van der Waals surface area contributed by atoms with Crippen molar-refractivity contribution in [3.63, 3.8) is 0 Å². The van der Waals surface area contributed by atoms with Crippen molar-refractivity contribution in [2.45, 2.75) is 24.3 Å². The van der Waals surface area contributed by atoms with Gasteiger partial charge < -0.3 is 9.84 Å². The smallest absolute Gasteiger partial charge is 0.130 e. The van der Waals surface area contributed by atoms with Gasteiger partial charge in [0.15, 0.2) is 0 Å². The third kappa shape index (κ3) is 3.77. The monoisotopic (exact) mass is 244 g/mol. The summed E-state index contributed by atoms with van der Waals surface area (Å²) in [5.74, 6) is 0.517. The van der Waals surface area contributed by atoms with Gasteiger partial charge in [0.1, 0.15) is 5.82 Å². The molecule has 0 bridgehead atoms. The SMILES string of the molecule is COCCCSc1cccc(F)c1[C@H](C)O. The van der Waals surface area contributed by atoms with Crippen molar-refractivity contribution in [1.82, 2.24) is 0 Å². The van der Waals surface area contributed by atoms with Crippen molar-refractivity contribution >= 4 is 11.8 Å². The molecule has 0 unspecified atom stereocenters. The molecule has 0 aromatic heterocycles. The second-order valence-electron chi connectivity index (χ2n) is 3.52. The van der Waals surface area contributed by atoms with Crippen molar-refractivity contribution in [3.05, 3.63) is 29.6 Å². The fourth-order valence-corrected chi connectivity index (χ4v) is 2.51. The molecule has 0 fully saturated rings. The van der Waals surface area contributed by atoms with E-state index in [-0.39, 0.29) is 5.82 Å². The van der Waals surface area contributed by atoms with Gasteiger partial charge >= 0.3 is 0 Å². The van der Waals surface area contributed by atoms with E-state index in [0.29, 0.717) is 12.2 Å². The maximum Gasteiger partial charge on any atom is 0.130 e. The average molecular weight is 244 g/mol. The minimum atomic E-state index is -0.772. The highest BCUT2D eigenvalue weighted by Crippen LogP contribution is 2.29. The van der Waals surface area contributed by atoms with Crippen LogP contribution in [0.2, 0.25) is 0 Å². The van der Waals surface area contributed by atoms with E-state index in [1.165, 1.54) is 6.07 Å². The molecular formula is C12H17FO2S. The zero-order valence-corrected chi connectivity index (χ0v) is 10.4. The van der Waals surface area contributed by atoms with Gasteiger partial charge in [0.25, 0.3) is 0 Å². The van der Waals surface area contributed by atoms with Crippen LogP contribution in [0.25, 0.3) is 0 Å². The van der Waals surface area contributed by atoms with Crippen LogP contribution in [-0.4, -0.2) is 24.6 Å². The molecule has 1 N–H and O–H groups in total. The molecule has 0 aliphatic carbocycles. The molecule has 0 amide bonds. The van der Waals surface area contributed by atoms with Crippen LogP contribution in [0, 0.1) is 5.82 Å². The van der Waals surface area contributed by atoms with Gasteiger partial charge in [0.05, 0.1) is 6.10 Å². The average Bonchev–Trinajstić information content (AvgIpc) is 2.24. The highest BCUT2D eigenvalue weighted by molar-refractivity contribution is 7.99. The quantitative estimate of drug-likeness (QED) is 0.616. The van der Waals surface area contributed by atoms with Crippen LogP contribution in [0.3, 0.4) is 0 Å². The summed E-state index contributed by atoms with van der Waals surface area (Å²) in [6.45, 7) is 2.28. The number of aliphatic hydroxyl groups is 1. The number of rotatable bonds is 6. The van der Waals surface area contributed by atoms with E-state index in [1.807, 2.05) is 6.07 Å². The lowest BCUT2D eigenvalue weighted by Gasteiger charge is -2.12. The predicted octanol–water partition coefficient (Wildman–Crippen LogP) is 3.01. The molecule has 1 aromatic carbocycles. The third-order valence-electron chi connectivity index (χ3n) is 2.18. The minimum Gasteiger partial charge on any atom is -0.389 e. The number of aliphatic hydroxyl groups excluding tert-OH is 1. The Labute approximate surface area is 99.8 Å². The number of benzene rings is 1. The van der Waals surface area contributed by atoms with E-state index in [9.17, 15) is 9.50 Å². The number of hydrogen-bond donors (Lipinski definition) is 1. The summed E-state index contributed by atoms with van der Waals surface area (Å²) >= 11 is 1.55. The number of thioether (sulfide) groups is 1. The van der Waals surface area contributed by atoms with E-state index >= 15 is 0 Å². The lowest BCUT2D eigenvalue weighted by molar-refractivity contribution is 0.191. The largest absolute Gasteiger partial charge is 0.389 e. The summed E-state index contributed by atoms with van der Waals surface area (Å²) in [6.07, 6.45) is 0.142. The Kier molecular flexibility index (Phi) is 5.80. The molecule has 1 aromatic rings. The van der Waals surface area contributed by atoms with Gasteiger partial charge in [-0.25, -0.2) is 4.39 Å². The number of methoxy groups -OCH3 is 1. The first-order chi connectivity index (χ1) is 7.66. The Hall–Kier alpha value is -0.580. The first kappa shape index (κ1) is 13.5. The van der Waals surface area contributed by atoms with Gasteiger partial charge in [-0.3, -0.25) is 0 Å². The van der Waals surface area contributed by atoms with Gasteiger partial charge in [0.2, 0.25) is 0 Å². The molecule has 0 radical (unpaired) electrons. The third-order valence-corrected chi connectivity index (χ3v) is 3.34. The van der Waals surface area contributed by atoms with E-state index in [2.05, 4.69) is 0 Å². The van der Waals surface area contributed by atoms with Crippen LogP contribution in [0.4, 0.5) is 4.39 Å². The van der Waals surface area contributed by atoms with Gasteiger partial charge in [-0.1, -0.05) is 6.07 Å². The fourth-order valence-electron chi connectivity index (χ4n) is 1.43. The lowest BCUT2D eigenvalue weighted by atomic mass is 10.1. The van der Waals surface area contributed by atoms with Gasteiger partial charge in [-0.05, 0) is 25.5 Å². The maximum atomic E-state index is 13.5. The highest BCUT2D eigenvalue weighted by Gasteiger charge is 2.13. The van der Waals surface area contributed by atoms with E-state index in [1.54, 1.807) is 31.9 Å². The fraction of sp³-hybridized carbons (Fsp3) is 0.500. The molecule has 16 heavy (non-hydrogen) atoms. The summed E-state index contributed by atoms with van der Waals surface area (Å²) in [5, 5.41) is 9.51. The summed E-state index contributed by atoms with van der Waals surface area (Å²) < 4.78 is 18.4. The topological polar surface area (TPSA) is 29.5 Å². The van der Waals surface area contributed by atoms with Crippen molar-refractivity contribution in [3.8, 4) is 0 Å². The first-order valence-corrected chi connectivity index (χ1v) is 6.23. The van der Waals surface area contributed by atoms with Gasteiger partial charge in [-0.2, -0.15) is 0 Å². The molecule has 0 aliphatic heterocycles. The zero-order chi connectivity index (χ0) is 12.0. The molecule has 1 atom stereocenters. The highest BCUT2D eigenvalue weighted by atomic mass is 32.2. The molecular weight excluding hydrogens is 227 g/mol. The number of hydrogen-bond acceptors (Lipinski definition) is 3. The van der Waals surface area contributed by atoms with E-state index in [4.69, 9.17) is 4.74 Å². The van der Waals surface area contributed by atoms with Gasteiger partial charge in [-0.15, -0.1) is 11.8 Å². The maximum absolute atomic E-state index is 13.5. The van der Waals surface area contributed by atoms with Crippen LogP contribution in [0.15, 0.2) is 23.1 Å². The van der Waals surface area contributed by atoms with Crippen molar-refractivity contribution in [2.24, 2.45) is 0 Å². The minimum absolute atomic E-state index is 0.341. The van der Waals surface area contributed by atoms with Crippen molar-refractivity contribution < 1.29 is 14.2 Å². The summed E-state index contributed by atoms with van der Waals surface area (Å²) in [7, 11) is 1.66. The summed E-state index contributed by atoms with van der Waals surface area (Å²) in [5.41, 5.74) is 0.393. The Morgan fingerprint density at radius 2 is 2.25 bits per heavy atom. The second-order valence-corrected chi connectivity index (χ2v) is 4.66. The van der Waals surface area contributed by atoms with E-state index in [0.717, 1.165) is 17.1 Å². The Morgan fingerprint density at radius 3 is 2.88 bits per heavy atom. The normalized spacial score (nSPS) is 12.8. The van der Waals surface area contributed by atoms with E-state index < -0.39 is 6.10 Å².